The van der Waals surface area contributed by atoms with Crippen LogP contribution < -0.4 is 5.32 Å². The maximum Gasteiger partial charge on any atom is 0.194 e. The Morgan fingerprint density at radius 2 is 1.77 bits per heavy atom. The summed E-state index contributed by atoms with van der Waals surface area (Å²) in [6, 6.07) is 21.4. The Bertz CT molecular complexity index is 1130. The van der Waals surface area contributed by atoms with Gasteiger partial charge in [-0.25, -0.2) is 0 Å². The SMILES string of the molecule is Cc1ccccc1C(=O)c1ccc(Nc2ccccc2CCN2C=CN(C)C2)cc1Cl. The van der Waals surface area contributed by atoms with Gasteiger partial charge in [-0.05, 0) is 48.7 Å². The lowest BCUT2D eigenvalue weighted by Crippen LogP contribution is -2.24. The van der Waals surface area contributed by atoms with Crippen LogP contribution in [0.1, 0.15) is 27.0 Å². The molecule has 0 aromatic heterocycles. The van der Waals surface area contributed by atoms with Crippen molar-refractivity contribution >= 4 is 28.8 Å². The molecule has 31 heavy (non-hydrogen) atoms. The molecule has 0 aliphatic carbocycles. The van der Waals surface area contributed by atoms with Crippen molar-refractivity contribution in [2.75, 3.05) is 25.6 Å². The molecule has 0 fully saturated rings. The highest BCUT2D eigenvalue weighted by Crippen LogP contribution is 2.28. The number of carbonyl (C=O) groups excluding carboxylic acids is 1. The Balaban J connectivity index is 1.49. The van der Waals surface area contributed by atoms with Crippen molar-refractivity contribution < 1.29 is 4.79 Å². The van der Waals surface area contributed by atoms with E-state index in [1.165, 1.54) is 5.56 Å². The standard InChI is InChI=1S/C26H26ClN3O/c1-19-7-3-5-9-22(19)26(31)23-12-11-21(17-24(23)27)28-25-10-6-4-8-20(25)13-14-30-16-15-29(2)18-30/h3-12,15-17,28H,13-14,18H2,1-2H3. The molecule has 0 bridgehead atoms. The largest absolute Gasteiger partial charge is 0.362 e. The molecule has 4 nitrogen and oxygen atoms in total. The predicted molar refractivity (Wildman–Crippen MR) is 128 cm³/mol. The molecule has 0 atom stereocenters. The molecule has 4 rings (SSSR count). The van der Waals surface area contributed by atoms with E-state index in [9.17, 15) is 4.79 Å². The van der Waals surface area contributed by atoms with Crippen LogP contribution in [0.4, 0.5) is 11.4 Å². The van der Waals surface area contributed by atoms with Crippen molar-refractivity contribution in [2.24, 2.45) is 0 Å². The third-order valence-electron chi connectivity index (χ3n) is 5.50. The fourth-order valence-electron chi connectivity index (χ4n) is 3.76. The Kier molecular flexibility index (Phi) is 6.28. The topological polar surface area (TPSA) is 35.6 Å². The third-order valence-corrected chi connectivity index (χ3v) is 5.82. The highest BCUT2D eigenvalue weighted by molar-refractivity contribution is 6.35. The normalized spacial score (nSPS) is 13.0. The highest BCUT2D eigenvalue weighted by Gasteiger charge is 2.15. The lowest BCUT2D eigenvalue weighted by Gasteiger charge is -2.19. The quantitative estimate of drug-likeness (QED) is 0.476. The van der Waals surface area contributed by atoms with Crippen molar-refractivity contribution in [2.45, 2.75) is 13.3 Å². The molecule has 158 valence electrons. The first-order chi connectivity index (χ1) is 15.0. The Labute approximate surface area is 188 Å². The van der Waals surface area contributed by atoms with Crippen molar-refractivity contribution in [3.05, 3.63) is 106 Å². The maximum atomic E-state index is 12.9. The average Bonchev–Trinajstić information content (AvgIpc) is 3.18. The first kappa shape index (κ1) is 21.0. The number of aryl methyl sites for hydroxylation is 1. The number of hydrogen-bond donors (Lipinski definition) is 1. The van der Waals surface area contributed by atoms with Crippen LogP contribution in [0, 0.1) is 6.92 Å². The summed E-state index contributed by atoms with van der Waals surface area (Å²) in [5.74, 6) is -0.0568. The summed E-state index contributed by atoms with van der Waals surface area (Å²) in [5, 5.41) is 3.92. The molecule has 1 heterocycles. The molecule has 3 aromatic carbocycles. The van der Waals surface area contributed by atoms with E-state index in [1.807, 2.05) is 49.4 Å². The van der Waals surface area contributed by atoms with Crippen LogP contribution in [0.3, 0.4) is 0 Å². The molecule has 0 radical (unpaired) electrons. The number of ketones is 1. The summed E-state index contributed by atoms with van der Waals surface area (Å²) >= 11 is 6.51. The smallest absolute Gasteiger partial charge is 0.194 e. The monoisotopic (exact) mass is 431 g/mol. The Morgan fingerprint density at radius 3 is 2.52 bits per heavy atom. The van der Waals surface area contributed by atoms with Gasteiger partial charge in [0.25, 0.3) is 0 Å². The highest BCUT2D eigenvalue weighted by atomic mass is 35.5. The molecule has 1 aliphatic rings. The number of nitrogens with one attached hydrogen (secondary N) is 1. The summed E-state index contributed by atoms with van der Waals surface area (Å²) < 4.78 is 0. The van der Waals surface area contributed by atoms with Gasteiger partial charge >= 0.3 is 0 Å². The minimum atomic E-state index is -0.0568. The van der Waals surface area contributed by atoms with Gasteiger partial charge in [0, 0.05) is 48.5 Å². The molecule has 0 amide bonds. The Morgan fingerprint density at radius 1 is 1.00 bits per heavy atom. The molecule has 0 saturated heterocycles. The van der Waals surface area contributed by atoms with Crippen LogP contribution in [0.5, 0.6) is 0 Å². The number of hydrogen-bond acceptors (Lipinski definition) is 4. The first-order valence-corrected chi connectivity index (χ1v) is 10.8. The molecule has 1 N–H and O–H groups in total. The zero-order valence-corrected chi connectivity index (χ0v) is 18.6. The second-order valence-electron chi connectivity index (χ2n) is 7.88. The zero-order chi connectivity index (χ0) is 21.8. The van der Waals surface area contributed by atoms with E-state index in [0.29, 0.717) is 16.1 Å². The van der Waals surface area contributed by atoms with Crippen LogP contribution in [0.2, 0.25) is 5.02 Å². The summed E-state index contributed by atoms with van der Waals surface area (Å²) in [4.78, 5) is 17.4. The number of halogens is 1. The van der Waals surface area contributed by atoms with Crippen molar-refractivity contribution in [1.29, 1.82) is 0 Å². The van der Waals surface area contributed by atoms with Crippen molar-refractivity contribution in [3.8, 4) is 0 Å². The molecule has 1 aliphatic heterocycles. The van der Waals surface area contributed by atoms with E-state index < -0.39 is 0 Å². The fourth-order valence-corrected chi connectivity index (χ4v) is 4.03. The number of para-hydroxylation sites is 1. The van der Waals surface area contributed by atoms with Crippen LogP contribution in [0.15, 0.2) is 79.1 Å². The molecule has 0 spiro atoms. The fraction of sp³-hybridized carbons (Fsp3) is 0.192. The summed E-state index contributed by atoms with van der Waals surface area (Å²) in [6.45, 7) is 3.80. The zero-order valence-electron chi connectivity index (χ0n) is 17.8. The summed E-state index contributed by atoms with van der Waals surface area (Å²) in [6.07, 6.45) is 5.14. The summed E-state index contributed by atoms with van der Waals surface area (Å²) in [7, 11) is 2.07. The maximum absolute atomic E-state index is 12.9. The van der Waals surface area contributed by atoms with Crippen LogP contribution >= 0.6 is 11.6 Å². The van der Waals surface area contributed by atoms with Crippen LogP contribution in [0.25, 0.3) is 0 Å². The second kappa shape index (κ2) is 9.27. The van der Waals surface area contributed by atoms with Crippen molar-refractivity contribution in [1.82, 2.24) is 9.80 Å². The van der Waals surface area contributed by atoms with E-state index in [-0.39, 0.29) is 5.78 Å². The van der Waals surface area contributed by atoms with E-state index in [4.69, 9.17) is 11.6 Å². The van der Waals surface area contributed by atoms with Gasteiger partial charge in [-0.15, -0.1) is 0 Å². The molecule has 0 unspecified atom stereocenters. The predicted octanol–water partition coefficient (Wildman–Crippen LogP) is 5.84. The van der Waals surface area contributed by atoms with E-state index >= 15 is 0 Å². The summed E-state index contributed by atoms with van der Waals surface area (Å²) in [5.41, 5.74) is 5.28. The molecular formula is C26H26ClN3O. The van der Waals surface area contributed by atoms with Gasteiger partial charge in [-0.1, -0.05) is 54.1 Å². The van der Waals surface area contributed by atoms with E-state index in [1.54, 1.807) is 6.07 Å². The first-order valence-electron chi connectivity index (χ1n) is 10.4. The lowest BCUT2D eigenvalue weighted by molar-refractivity contribution is 0.103. The van der Waals surface area contributed by atoms with Gasteiger partial charge in [0.05, 0.1) is 11.7 Å². The number of nitrogens with zero attached hydrogens (tertiary/aromatic N) is 2. The number of benzene rings is 3. The Hall–Kier alpha value is -3.24. The minimum Gasteiger partial charge on any atom is -0.362 e. The number of rotatable bonds is 7. The van der Waals surface area contributed by atoms with Crippen LogP contribution in [-0.2, 0) is 6.42 Å². The third kappa shape index (κ3) is 4.92. The van der Waals surface area contributed by atoms with E-state index in [2.05, 4.69) is 52.8 Å². The second-order valence-corrected chi connectivity index (χ2v) is 8.29. The molecule has 5 heteroatoms. The van der Waals surface area contributed by atoms with Gasteiger partial charge in [0.2, 0.25) is 0 Å². The molecule has 3 aromatic rings. The number of carbonyl (C=O) groups is 1. The van der Waals surface area contributed by atoms with Crippen LogP contribution in [-0.4, -0.2) is 35.8 Å². The minimum absolute atomic E-state index is 0.0568. The molecule has 0 saturated carbocycles. The lowest BCUT2D eigenvalue weighted by atomic mass is 9.99. The average molecular weight is 432 g/mol. The van der Waals surface area contributed by atoms with Gasteiger partial charge < -0.3 is 15.1 Å². The van der Waals surface area contributed by atoms with Gasteiger partial charge in [-0.3, -0.25) is 4.79 Å². The van der Waals surface area contributed by atoms with Gasteiger partial charge in [0.1, 0.15) is 0 Å². The number of anilines is 2. The van der Waals surface area contributed by atoms with E-state index in [0.717, 1.165) is 36.6 Å². The van der Waals surface area contributed by atoms with Gasteiger partial charge in [0.15, 0.2) is 5.78 Å². The molecular weight excluding hydrogens is 406 g/mol. The van der Waals surface area contributed by atoms with Crippen molar-refractivity contribution in [3.63, 3.8) is 0 Å². The van der Waals surface area contributed by atoms with Gasteiger partial charge in [-0.2, -0.15) is 0 Å².